The third kappa shape index (κ3) is 4.23. The fraction of sp³-hybridized carbons (Fsp3) is 0.176. The van der Waals surface area contributed by atoms with Crippen molar-refractivity contribution in [2.45, 2.75) is 12.8 Å². The summed E-state index contributed by atoms with van der Waals surface area (Å²) in [7, 11) is 1.46. The van der Waals surface area contributed by atoms with E-state index < -0.39 is 0 Å². The van der Waals surface area contributed by atoms with E-state index in [1.165, 1.54) is 25.3 Å². The van der Waals surface area contributed by atoms with Crippen molar-refractivity contribution in [1.82, 2.24) is 0 Å². The Hall–Kier alpha value is -3.02. The van der Waals surface area contributed by atoms with E-state index in [-0.39, 0.29) is 29.4 Å². The van der Waals surface area contributed by atoms with Crippen molar-refractivity contribution in [3.05, 3.63) is 47.5 Å². The molecule has 6 nitrogen and oxygen atoms in total. The molecule has 0 unspecified atom stereocenters. The number of ether oxygens (including phenoxy) is 1. The molecule has 0 atom stereocenters. The molecule has 0 aliphatic carbocycles. The number of nitrogens with one attached hydrogen (secondary N) is 1. The normalized spacial score (nSPS) is 10.1. The third-order valence-corrected chi connectivity index (χ3v) is 3.32. The molecule has 0 radical (unpaired) electrons. The molecule has 0 fully saturated rings. The number of hydrogen-bond donors (Lipinski definition) is 3. The predicted octanol–water partition coefficient (Wildman–Crippen LogP) is 2.49. The molecular weight excluding hydrogens is 298 g/mol. The molecule has 0 saturated heterocycles. The van der Waals surface area contributed by atoms with Crippen molar-refractivity contribution >= 4 is 17.9 Å². The Morgan fingerprint density at radius 3 is 2.65 bits per heavy atom. The van der Waals surface area contributed by atoms with Crippen molar-refractivity contribution in [3.8, 4) is 17.2 Å². The lowest BCUT2D eigenvalue weighted by atomic mass is 10.1. The number of amides is 1. The maximum absolute atomic E-state index is 12.0. The summed E-state index contributed by atoms with van der Waals surface area (Å²) in [6.45, 7) is 0. The second-order valence-corrected chi connectivity index (χ2v) is 4.94. The van der Waals surface area contributed by atoms with Crippen LogP contribution in [0.1, 0.15) is 22.3 Å². The zero-order chi connectivity index (χ0) is 16.8. The summed E-state index contributed by atoms with van der Waals surface area (Å²) in [5.41, 5.74) is 1.35. The van der Waals surface area contributed by atoms with E-state index in [4.69, 9.17) is 4.74 Å². The number of hydrogen-bond acceptors (Lipinski definition) is 5. The van der Waals surface area contributed by atoms with Crippen LogP contribution >= 0.6 is 0 Å². The van der Waals surface area contributed by atoms with E-state index in [1.54, 1.807) is 18.2 Å². The van der Waals surface area contributed by atoms with E-state index in [1.807, 2.05) is 0 Å². The van der Waals surface area contributed by atoms with Gasteiger partial charge in [-0.3, -0.25) is 9.59 Å². The predicted molar refractivity (Wildman–Crippen MR) is 85.1 cm³/mol. The van der Waals surface area contributed by atoms with Crippen molar-refractivity contribution in [2.75, 3.05) is 12.4 Å². The number of anilines is 1. The molecule has 2 aromatic rings. The van der Waals surface area contributed by atoms with Crippen LogP contribution in [-0.4, -0.2) is 29.5 Å². The molecule has 6 heteroatoms. The van der Waals surface area contributed by atoms with Gasteiger partial charge in [-0.2, -0.15) is 0 Å². The Kier molecular flexibility index (Phi) is 5.19. The summed E-state index contributed by atoms with van der Waals surface area (Å²) in [6.07, 6.45) is 1.18. The van der Waals surface area contributed by atoms with Crippen LogP contribution < -0.4 is 10.1 Å². The maximum atomic E-state index is 12.0. The number of carbonyl (C=O) groups excluding carboxylic acids is 2. The first-order chi connectivity index (χ1) is 11.0. The lowest BCUT2D eigenvalue weighted by molar-refractivity contribution is -0.116. The number of methoxy groups -OCH3 is 1. The molecule has 0 saturated carbocycles. The van der Waals surface area contributed by atoms with Crippen LogP contribution in [0.25, 0.3) is 0 Å². The second kappa shape index (κ2) is 7.31. The number of benzene rings is 2. The van der Waals surface area contributed by atoms with E-state index >= 15 is 0 Å². The topological polar surface area (TPSA) is 95.9 Å². The molecule has 0 bridgehead atoms. The van der Waals surface area contributed by atoms with Crippen LogP contribution in [0.5, 0.6) is 17.2 Å². The lowest BCUT2D eigenvalue weighted by Crippen LogP contribution is -2.13. The lowest BCUT2D eigenvalue weighted by Gasteiger charge is -2.09. The van der Waals surface area contributed by atoms with Crippen LogP contribution in [0.2, 0.25) is 0 Å². The first-order valence-electron chi connectivity index (χ1n) is 6.97. The van der Waals surface area contributed by atoms with Gasteiger partial charge in [0.05, 0.1) is 12.8 Å². The molecule has 1 amide bonds. The Bertz CT molecular complexity index is 727. The van der Waals surface area contributed by atoms with Gasteiger partial charge in [-0.25, -0.2) is 0 Å². The van der Waals surface area contributed by atoms with Gasteiger partial charge in [0.2, 0.25) is 5.91 Å². The van der Waals surface area contributed by atoms with E-state index in [2.05, 4.69) is 5.32 Å². The van der Waals surface area contributed by atoms with Crippen LogP contribution in [0.3, 0.4) is 0 Å². The highest BCUT2D eigenvalue weighted by Gasteiger charge is 2.09. The molecule has 0 aliphatic rings. The molecule has 2 rings (SSSR count). The van der Waals surface area contributed by atoms with Crippen molar-refractivity contribution in [3.63, 3.8) is 0 Å². The Morgan fingerprint density at radius 1 is 1.22 bits per heavy atom. The van der Waals surface area contributed by atoms with Gasteiger partial charge in [-0.05, 0) is 42.3 Å². The highest BCUT2D eigenvalue weighted by molar-refractivity contribution is 5.96. The van der Waals surface area contributed by atoms with Crippen LogP contribution in [0, 0.1) is 0 Å². The van der Waals surface area contributed by atoms with Gasteiger partial charge in [-0.1, -0.05) is 6.07 Å². The third-order valence-electron chi connectivity index (χ3n) is 3.32. The zero-order valence-electron chi connectivity index (χ0n) is 12.6. The van der Waals surface area contributed by atoms with Gasteiger partial charge in [0, 0.05) is 12.0 Å². The van der Waals surface area contributed by atoms with Crippen LogP contribution in [0.4, 0.5) is 5.69 Å². The van der Waals surface area contributed by atoms with Crippen molar-refractivity contribution in [1.29, 1.82) is 0 Å². The molecule has 3 N–H and O–H groups in total. The summed E-state index contributed by atoms with van der Waals surface area (Å²) in [4.78, 5) is 22.9. The van der Waals surface area contributed by atoms with Crippen molar-refractivity contribution < 1.29 is 24.5 Å². The number of phenols is 2. The Morgan fingerprint density at radius 2 is 2.00 bits per heavy atom. The number of aryl methyl sites for hydroxylation is 1. The van der Waals surface area contributed by atoms with E-state index in [0.29, 0.717) is 24.1 Å². The number of aromatic hydroxyl groups is 2. The molecule has 0 aliphatic heterocycles. The fourth-order valence-electron chi connectivity index (χ4n) is 2.12. The molecule has 0 spiro atoms. The molecular formula is C17H17NO5. The zero-order valence-corrected chi connectivity index (χ0v) is 12.6. The summed E-state index contributed by atoms with van der Waals surface area (Å²) in [5.74, 6) is 0.0815. The molecule has 0 aromatic heterocycles. The Balaban J connectivity index is 1.98. The van der Waals surface area contributed by atoms with Gasteiger partial charge < -0.3 is 20.3 Å². The summed E-state index contributed by atoms with van der Waals surface area (Å²) < 4.78 is 4.96. The van der Waals surface area contributed by atoms with Crippen molar-refractivity contribution in [2.24, 2.45) is 0 Å². The Labute approximate surface area is 133 Å². The average molecular weight is 315 g/mol. The van der Waals surface area contributed by atoms with Gasteiger partial charge in [-0.15, -0.1) is 0 Å². The van der Waals surface area contributed by atoms with Gasteiger partial charge in [0.25, 0.3) is 0 Å². The van der Waals surface area contributed by atoms with E-state index in [9.17, 15) is 19.8 Å². The largest absolute Gasteiger partial charge is 0.508 e. The quantitative estimate of drug-likeness (QED) is 0.562. The minimum Gasteiger partial charge on any atom is -0.508 e. The first-order valence-corrected chi connectivity index (χ1v) is 6.97. The SMILES string of the molecule is COc1ccc(CCC(=O)Nc2ccc(O)cc2C=O)cc1O. The summed E-state index contributed by atoms with van der Waals surface area (Å²) in [5, 5.41) is 21.6. The minimum atomic E-state index is -0.269. The number of phenolic OH excluding ortho intramolecular Hbond substituents is 2. The molecule has 120 valence electrons. The highest BCUT2D eigenvalue weighted by atomic mass is 16.5. The minimum absolute atomic E-state index is 0.0205. The standard InChI is InChI=1S/C17H17NO5/c1-23-16-6-2-11(8-15(16)21)3-7-17(22)18-14-5-4-13(20)9-12(14)10-19/h2,4-6,8-10,20-21H,3,7H2,1H3,(H,18,22). The molecule has 0 heterocycles. The second-order valence-electron chi connectivity index (χ2n) is 4.94. The molecule has 2 aromatic carbocycles. The smallest absolute Gasteiger partial charge is 0.224 e. The summed E-state index contributed by atoms with van der Waals surface area (Å²) in [6, 6.07) is 9.09. The average Bonchev–Trinajstić information content (AvgIpc) is 2.54. The van der Waals surface area contributed by atoms with E-state index in [0.717, 1.165) is 5.56 Å². The van der Waals surface area contributed by atoms with Gasteiger partial charge in [0.1, 0.15) is 5.75 Å². The van der Waals surface area contributed by atoms with Gasteiger partial charge >= 0.3 is 0 Å². The first kappa shape index (κ1) is 16.4. The monoisotopic (exact) mass is 315 g/mol. The molecule has 23 heavy (non-hydrogen) atoms. The van der Waals surface area contributed by atoms with Gasteiger partial charge in [0.15, 0.2) is 17.8 Å². The maximum Gasteiger partial charge on any atom is 0.224 e. The van der Waals surface area contributed by atoms with Crippen LogP contribution in [-0.2, 0) is 11.2 Å². The summed E-state index contributed by atoms with van der Waals surface area (Å²) >= 11 is 0. The number of carbonyl (C=O) groups is 2. The highest BCUT2D eigenvalue weighted by Crippen LogP contribution is 2.26. The number of aldehydes is 1. The fourth-order valence-corrected chi connectivity index (χ4v) is 2.12. The van der Waals surface area contributed by atoms with Crippen LogP contribution in [0.15, 0.2) is 36.4 Å². The number of rotatable bonds is 6.